The summed E-state index contributed by atoms with van der Waals surface area (Å²) in [5.74, 6) is 2.30. The third-order valence-electron chi connectivity index (χ3n) is 12.4. The smallest absolute Gasteiger partial charge is 0.118 e. The van der Waals surface area contributed by atoms with E-state index in [1.165, 1.54) is 31.5 Å². The molecule has 0 bridgehead atoms. The Bertz CT molecular complexity index is 962. The minimum Gasteiger partial charge on any atom is -0.497 e. The van der Waals surface area contributed by atoms with Crippen molar-refractivity contribution in [2.24, 2.45) is 28.6 Å². The van der Waals surface area contributed by atoms with Crippen LogP contribution in [0.5, 0.6) is 5.75 Å². The van der Waals surface area contributed by atoms with Gasteiger partial charge in [0.15, 0.2) is 0 Å². The second-order valence-electron chi connectivity index (χ2n) is 13.7. The van der Waals surface area contributed by atoms with Crippen molar-refractivity contribution in [3.05, 3.63) is 29.8 Å². The first kappa shape index (κ1) is 26.1. The summed E-state index contributed by atoms with van der Waals surface area (Å²) in [5, 5.41) is 23.3. The Kier molecular flexibility index (Phi) is 6.70. The van der Waals surface area contributed by atoms with Crippen molar-refractivity contribution in [1.29, 1.82) is 0 Å². The van der Waals surface area contributed by atoms with Gasteiger partial charge in [0.05, 0.1) is 25.4 Å². The molecule has 5 fully saturated rings. The zero-order valence-electron chi connectivity index (χ0n) is 23.4. The molecule has 1 aromatic carbocycles. The topological polar surface area (TPSA) is 62.2 Å². The molecule has 5 nitrogen and oxygen atoms in total. The molecule has 1 heterocycles. The lowest BCUT2D eigenvalue weighted by atomic mass is 9.42. The number of likely N-dealkylation sites (tertiary alicyclic amines) is 1. The molecule has 206 valence electrons. The third kappa shape index (κ3) is 3.85. The highest BCUT2D eigenvalue weighted by Crippen LogP contribution is 2.72. The number of aliphatic hydroxyl groups excluding tert-OH is 1. The monoisotopic (exact) mass is 511 g/mol. The number of hydrogen-bond acceptors (Lipinski definition) is 5. The molecule has 0 aromatic heterocycles. The molecule has 2 N–H and O–H groups in total. The highest BCUT2D eigenvalue weighted by molar-refractivity contribution is 5.37. The van der Waals surface area contributed by atoms with E-state index in [0.717, 1.165) is 70.1 Å². The number of aliphatic hydroxyl groups is 2. The molecule has 0 radical (unpaired) electrons. The summed E-state index contributed by atoms with van der Waals surface area (Å²) in [7, 11) is 1.72. The van der Waals surface area contributed by atoms with Crippen molar-refractivity contribution < 1.29 is 19.7 Å². The molecule has 37 heavy (non-hydrogen) atoms. The molecular formula is C32H49NO4. The number of rotatable bonds is 6. The van der Waals surface area contributed by atoms with Gasteiger partial charge in [-0.2, -0.15) is 0 Å². The van der Waals surface area contributed by atoms with Crippen LogP contribution in [0.1, 0.15) is 90.0 Å². The summed E-state index contributed by atoms with van der Waals surface area (Å²) in [4.78, 5) is 2.53. The number of ether oxygens (including phenoxy) is 2. The first-order valence-electron chi connectivity index (χ1n) is 15.2. The third-order valence-corrected chi connectivity index (χ3v) is 12.4. The Morgan fingerprint density at radius 2 is 1.68 bits per heavy atom. The fraction of sp³-hybridized carbons (Fsp3) is 0.812. The Labute approximate surface area is 223 Å². The number of fused-ring (bicyclic) bond motifs is 5. The molecule has 1 aliphatic heterocycles. The van der Waals surface area contributed by atoms with Crippen LogP contribution in [0.2, 0.25) is 0 Å². The molecule has 8 atom stereocenters. The number of hydrogen-bond donors (Lipinski definition) is 2. The molecule has 0 amide bonds. The van der Waals surface area contributed by atoms with Crippen LogP contribution in [0.25, 0.3) is 0 Å². The summed E-state index contributed by atoms with van der Waals surface area (Å²) in [6, 6.07) is 8.51. The Balaban J connectivity index is 1.33. The second kappa shape index (κ2) is 9.50. The van der Waals surface area contributed by atoms with Crippen molar-refractivity contribution in [2.75, 3.05) is 33.4 Å². The van der Waals surface area contributed by atoms with Gasteiger partial charge in [-0.15, -0.1) is 0 Å². The van der Waals surface area contributed by atoms with Crippen molar-refractivity contribution in [3.8, 4) is 5.75 Å². The largest absolute Gasteiger partial charge is 0.497 e. The average molecular weight is 512 g/mol. The van der Waals surface area contributed by atoms with E-state index in [4.69, 9.17) is 9.47 Å². The molecule has 4 saturated carbocycles. The van der Waals surface area contributed by atoms with Crippen LogP contribution in [-0.2, 0) is 10.3 Å². The molecule has 4 aliphatic carbocycles. The number of methoxy groups -OCH3 is 1. The van der Waals surface area contributed by atoms with E-state index in [-0.39, 0.29) is 16.9 Å². The summed E-state index contributed by atoms with van der Waals surface area (Å²) in [6.07, 6.45) is 11.5. The van der Waals surface area contributed by atoms with E-state index in [9.17, 15) is 10.2 Å². The zero-order chi connectivity index (χ0) is 25.9. The predicted molar refractivity (Wildman–Crippen MR) is 145 cm³/mol. The van der Waals surface area contributed by atoms with Crippen LogP contribution in [0.3, 0.4) is 0 Å². The van der Waals surface area contributed by atoms with E-state index in [2.05, 4.69) is 43.0 Å². The van der Waals surface area contributed by atoms with E-state index < -0.39 is 11.2 Å². The van der Waals surface area contributed by atoms with Gasteiger partial charge in [-0.1, -0.05) is 26.0 Å². The molecular weight excluding hydrogens is 462 g/mol. The van der Waals surface area contributed by atoms with Crippen LogP contribution in [0.15, 0.2) is 24.3 Å². The van der Waals surface area contributed by atoms with Crippen LogP contribution >= 0.6 is 0 Å². The quantitative estimate of drug-likeness (QED) is 0.527. The second-order valence-corrected chi connectivity index (χ2v) is 13.7. The highest BCUT2D eigenvalue weighted by atomic mass is 16.5. The predicted octanol–water partition coefficient (Wildman–Crippen LogP) is 5.52. The van der Waals surface area contributed by atoms with Gasteiger partial charge < -0.3 is 24.6 Å². The summed E-state index contributed by atoms with van der Waals surface area (Å²) >= 11 is 0. The molecule has 1 saturated heterocycles. The van der Waals surface area contributed by atoms with Gasteiger partial charge in [-0.3, -0.25) is 0 Å². The van der Waals surface area contributed by atoms with Crippen molar-refractivity contribution in [2.45, 2.75) is 102 Å². The number of nitrogens with zero attached hydrogens (tertiary/aromatic N) is 1. The zero-order valence-corrected chi connectivity index (χ0v) is 23.4. The normalized spacial score (nSPS) is 45.8. The lowest BCUT2D eigenvalue weighted by Crippen LogP contribution is -2.65. The minimum absolute atomic E-state index is 0.134. The van der Waals surface area contributed by atoms with Gasteiger partial charge >= 0.3 is 0 Å². The lowest BCUT2D eigenvalue weighted by molar-refractivity contribution is -0.249. The molecule has 0 spiro atoms. The first-order valence-corrected chi connectivity index (χ1v) is 15.2. The molecule has 0 unspecified atom stereocenters. The van der Waals surface area contributed by atoms with Crippen molar-refractivity contribution >= 4 is 0 Å². The van der Waals surface area contributed by atoms with E-state index in [1.54, 1.807) is 7.11 Å². The Morgan fingerprint density at radius 1 is 0.919 bits per heavy atom. The molecule has 6 rings (SSSR count). The Morgan fingerprint density at radius 3 is 2.41 bits per heavy atom. The molecule has 5 heteroatoms. The molecule has 1 aromatic rings. The van der Waals surface area contributed by atoms with Crippen molar-refractivity contribution in [1.82, 2.24) is 4.90 Å². The highest BCUT2D eigenvalue weighted by Gasteiger charge is 2.72. The minimum atomic E-state index is -0.729. The summed E-state index contributed by atoms with van der Waals surface area (Å²) < 4.78 is 12.6. The van der Waals surface area contributed by atoms with Gasteiger partial charge in [0.2, 0.25) is 0 Å². The van der Waals surface area contributed by atoms with Gasteiger partial charge in [0.1, 0.15) is 11.4 Å². The average Bonchev–Trinajstić information content (AvgIpc) is 3.50. The fourth-order valence-corrected chi connectivity index (χ4v) is 10.2. The Hall–Kier alpha value is -1.14. The molecule has 5 aliphatic rings. The van der Waals surface area contributed by atoms with Crippen LogP contribution in [0.4, 0.5) is 0 Å². The standard InChI is InChI=1S/C32H49NO4/c1-29-14-12-25(34)22-24(29)8-11-28-27(29)13-15-30(2)31(28,35)16-17-32(30,23-6-9-26(36-3)10-7-23)37-21-20-33-18-4-5-19-33/h6-7,9-10,24-25,27-28,34-35H,4-5,8,11-22H2,1-3H3/t24-,25-,27-,28+,29-,30-,31+,32-/m0/s1. The van der Waals surface area contributed by atoms with Gasteiger partial charge in [-0.25, -0.2) is 0 Å². The van der Waals surface area contributed by atoms with Crippen molar-refractivity contribution in [3.63, 3.8) is 0 Å². The van der Waals surface area contributed by atoms with Crippen LogP contribution in [-0.4, -0.2) is 60.2 Å². The summed E-state index contributed by atoms with van der Waals surface area (Å²) in [5.41, 5.74) is -0.112. The maximum absolute atomic E-state index is 12.9. The van der Waals surface area contributed by atoms with E-state index >= 15 is 0 Å². The maximum Gasteiger partial charge on any atom is 0.118 e. The SMILES string of the molecule is COc1ccc([C@@]2(OCCN3CCCC3)CC[C@@]3(O)[C@@H]4CC[C@H]5C[C@@H](O)CC[C@]5(C)[C@H]4CC[C@]23C)cc1. The van der Waals surface area contributed by atoms with Crippen LogP contribution in [0, 0.1) is 28.6 Å². The lowest BCUT2D eigenvalue weighted by Gasteiger charge is -2.64. The number of benzene rings is 1. The van der Waals surface area contributed by atoms with Gasteiger partial charge in [-0.05, 0) is 125 Å². The van der Waals surface area contributed by atoms with E-state index in [0.29, 0.717) is 24.4 Å². The fourth-order valence-electron chi connectivity index (χ4n) is 10.2. The van der Waals surface area contributed by atoms with Gasteiger partial charge in [0, 0.05) is 12.0 Å². The maximum atomic E-state index is 12.9. The van der Waals surface area contributed by atoms with Gasteiger partial charge in [0.25, 0.3) is 0 Å². The summed E-state index contributed by atoms with van der Waals surface area (Å²) in [6.45, 7) is 8.89. The first-order chi connectivity index (χ1) is 17.8. The van der Waals surface area contributed by atoms with E-state index in [1.807, 2.05) is 0 Å². The van der Waals surface area contributed by atoms with Crippen LogP contribution < -0.4 is 4.74 Å².